The fourth-order valence-corrected chi connectivity index (χ4v) is 3.70. The van der Waals surface area contributed by atoms with E-state index in [0.717, 1.165) is 12.1 Å². The highest BCUT2D eigenvalue weighted by Crippen LogP contribution is 2.31. The number of carboxylic acids is 1. The summed E-state index contributed by atoms with van der Waals surface area (Å²) in [6.07, 6.45) is 4.14. The van der Waals surface area contributed by atoms with Gasteiger partial charge in [0.1, 0.15) is 11.4 Å². The van der Waals surface area contributed by atoms with Crippen LogP contribution in [0.3, 0.4) is 0 Å². The third kappa shape index (κ3) is 3.93. The minimum Gasteiger partial charge on any atom is -0.478 e. The number of fused-ring (bicyclic) bond motifs is 1. The third-order valence-corrected chi connectivity index (χ3v) is 5.23. The summed E-state index contributed by atoms with van der Waals surface area (Å²) in [4.78, 5) is 42.6. The van der Waals surface area contributed by atoms with Crippen molar-refractivity contribution in [1.82, 2.24) is 14.5 Å². The van der Waals surface area contributed by atoms with E-state index in [-0.39, 0.29) is 30.1 Å². The van der Waals surface area contributed by atoms with E-state index in [0.29, 0.717) is 16.5 Å². The number of ether oxygens (including phenoxy) is 1. The lowest BCUT2D eigenvalue weighted by atomic mass is 9.91. The van der Waals surface area contributed by atoms with Gasteiger partial charge >= 0.3 is 12.1 Å². The summed E-state index contributed by atoms with van der Waals surface area (Å²) in [6, 6.07) is 5.13. The number of carbonyl (C=O) groups excluding carboxylic acids is 2. The first-order valence-corrected chi connectivity index (χ1v) is 10.1. The highest BCUT2D eigenvalue weighted by Gasteiger charge is 2.39. The second kappa shape index (κ2) is 7.74. The molecule has 8 nitrogen and oxygen atoms in total. The topological polar surface area (TPSA) is 102 Å². The molecule has 4 rings (SSSR count). The van der Waals surface area contributed by atoms with Crippen LogP contribution in [0, 0.1) is 11.7 Å². The van der Waals surface area contributed by atoms with Crippen molar-refractivity contribution >= 4 is 28.7 Å². The smallest absolute Gasteiger partial charge is 0.410 e. The normalized spacial score (nSPS) is 14.3. The van der Waals surface area contributed by atoms with Crippen LogP contribution in [0.25, 0.3) is 16.6 Å². The van der Waals surface area contributed by atoms with Crippen molar-refractivity contribution in [2.75, 3.05) is 13.1 Å². The van der Waals surface area contributed by atoms with Crippen LogP contribution in [-0.2, 0) is 4.74 Å². The predicted molar refractivity (Wildman–Crippen MR) is 114 cm³/mol. The molecular weight excluding hydrogens is 417 g/mol. The lowest BCUT2D eigenvalue weighted by Gasteiger charge is -2.38. The first-order chi connectivity index (χ1) is 15.0. The van der Waals surface area contributed by atoms with Gasteiger partial charge < -0.3 is 19.3 Å². The van der Waals surface area contributed by atoms with Gasteiger partial charge in [0.05, 0.1) is 28.9 Å². The molecule has 3 heterocycles. The van der Waals surface area contributed by atoms with E-state index in [2.05, 4.69) is 4.98 Å². The van der Waals surface area contributed by atoms with Crippen molar-refractivity contribution in [1.29, 1.82) is 0 Å². The lowest BCUT2D eigenvalue weighted by molar-refractivity contribution is 0.00149. The summed E-state index contributed by atoms with van der Waals surface area (Å²) in [7, 11) is 0. The van der Waals surface area contributed by atoms with Crippen LogP contribution in [0.5, 0.6) is 0 Å². The number of aromatic carboxylic acids is 1. The number of amides is 1. The van der Waals surface area contributed by atoms with Crippen LogP contribution < -0.4 is 0 Å². The van der Waals surface area contributed by atoms with Crippen LogP contribution in [0.4, 0.5) is 9.18 Å². The number of aromatic nitrogens is 2. The number of halogens is 1. The van der Waals surface area contributed by atoms with Crippen molar-refractivity contribution in [3.63, 3.8) is 0 Å². The summed E-state index contributed by atoms with van der Waals surface area (Å²) in [5.41, 5.74) is 0.276. The monoisotopic (exact) mass is 439 g/mol. The van der Waals surface area contributed by atoms with Crippen LogP contribution in [0.15, 0.2) is 42.9 Å². The van der Waals surface area contributed by atoms with Gasteiger partial charge in [-0.25, -0.2) is 14.0 Å². The molecule has 1 aromatic carbocycles. The van der Waals surface area contributed by atoms with E-state index in [4.69, 9.17) is 4.74 Å². The molecule has 0 bridgehead atoms. The number of rotatable bonds is 4. The van der Waals surface area contributed by atoms with Crippen molar-refractivity contribution in [3.8, 4) is 5.69 Å². The Balaban J connectivity index is 1.66. The lowest BCUT2D eigenvalue weighted by Crippen LogP contribution is -2.54. The van der Waals surface area contributed by atoms with Gasteiger partial charge in [-0.1, -0.05) is 0 Å². The van der Waals surface area contributed by atoms with Crippen LogP contribution in [-0.4, -0.2) is 56.1 Å². The van der Waals surface area contributed by atoms with E-state index in [1.165, 1.54) is 21.7 Å². The molecule has 32 heavy (non-hydrogen) atoms. The maximum absolute atomic E-state index is 13.7. The molecule has 0 spiro atoms. The zero-order chi connectivity index (χ0) is 23.2. The molecule has 3 aromatic rings. The third-order valence-electron chi connectivity index (χ3n) is 5.23. The molecule has 1 aliphatic heterocycles. The van der Waals surface area contributed by atoms with Gasteiger partial charge in [-0.15, -0.1) is 0 Å². The molecule has 0 saturated carbocycles. The van der Waals surface area contributed by atoms with Gasteiger partial charge in [-0.2, -0.15) is 0 Å². The van der Waals surface area contributed by atoms with E-state index < -0.39 is 29.4 Å². The summed E-state index contributed by atoms with van der Waals surface area (Å²) < 4.78 is 20.5. The van der Waals surface area contributed by atoms with Crippen molar-refractivity contribution < 1.29 is 28.6 Å². The Morgan fingerprint density at radius 2 is 1.88 bits per heavy atom. The molecule has 0 aliphatic carbocycles. The summed E-state index contributed by atoms with van der Waals surface area (Å²) in [5.74, 6) is -2.53. The van der Waals surface area contributed by atoms with Gasteiger partial charge in [-0.05, 0) is 45.0 Å². The average Bonchev–Trinajstić information content (AvgIpc) is 3.05. The number of nitrogens with zero attached hydrogens (tertiary/aromatic N) is 3. The van der Waals surface area contributed by atoms with Gasteiger partial charge in [0, 0.05) is 36.4 Å². The quantitative estimate of drug-likeness (QED) is 0.619. The Morgan fingerprint density at radius 1 is 1.16 bits per heavy atom. The Hall–Kier alpha value is -3.75. The van der Waals surface area contributed by atoms with Crippen LogP contribution in [0.2, 0.25) is 0 Å². The van der Waals surface area contributed by atoms with Gasteiger partial charge in [0.25, 0.3) is 0 Å². The molecule has 1 saturated heterocycles. The molecule has 1 aliphatic rings. The minimum absolute atomic E-state index is 0.168. The maximum atomic E-state index is 13.7. The van der Waals surface area contributed by atoms with E-state index in [9.17, 15) is 23.9 Å². The number of pyridine rings is 1. The van der Waals surface area contributed by atoms with Crippen molar-refractivity contribution in [2.24, 2.45) is 5.92 Å². The van der Waals surface area contributed by atoms with Crippen LogP contribution >= 0.6 is 0 Å². The number of hydrogen-bond donors (Lipinski definition) is 1. The molecule has 2 aromatic heterocycles. The number of carboxylic acid groups (broad SMARTS) is 1. The minimum atomic E-state index is -1.29. The predicted octanol–water partition coefficient (Wildman–Crippen LogP) is 3.91. The molecule has 1 amide bonds. The Labute approximate surface area is 183 Å². The Morgan fingerprint density at radius 3 is 2.53 bits per heavy atom. The first kappa shape index (κ1) is 21.5. The van der Waals surface area contributed by atoms with Crippen LogP contribution in [0.1, 0.15) is 41.5 Å². The molecule has 0 radical (unpaired) electrons. The van der Waals surface area contributed by atoms with E-state index in [1.54, 1.807) is 39.2 Å². The fraction of sp³-hybridized carbons (Fsp3) is 0.304. The standard InChI is InChI=1S/C23H22FN3O5/c1-23(2,3)32-22(31)26-10-13(11-26)20(28)17-12-27(19-9-25-7-6-15(17)19)18-5-4-14(24)8-16(18)21(29)30/h4-9,12-13H,10-11H2,1-3H3,(H,29,30). The summed E-state index contributed by atoms with van der Waals surface area (Å²) >= 11 is 0. The summed E-state index contributed by atoms with van der Waals surface area (Å²) in [5, 5.41) is 10.1. The molecule has 0 unspecified atom stereocenters. The molecular formula is C23H22FN3O5. The second-order valence-electron chi connectivity index (χ2n) is 8.72. The number of ketones is 1. The van der Waals surface area contributed by atoms with Gasteiger partial charge in [0.2, 0.25) is 0 Å². The Kier molecular flexibility index (Phi) is 5.20. The number of Topliss-reactive ketones (excluding diaryl/α,β-unsaturated/α-hetero) is 1. The van der Waals surface area contributed by atoms with Crippen molar-refractivity contribution in [2.45, 2.75) is 26.4 Å². The maximum Gasteiger partial charge on any atom is 0.410 e. The Bertz CT molecular complexity index is 1240. The second-order valence-corrected chi connectivity index (χ2v) is 8.72. The zero-order valence-electron chi connectivity index (χ0n) is 17.8. The molecule has 9 heteroatoms. The molecule has 1 N–H and O–H groups in total. The highest BCUT2D eigenvalue weighted by molar-refractivity contribution is 6.10. The highest BCUT2D eigenvalue weighted by atomic mass is 19.1. The van der Waals surface area contributed by atoms with Gasteiger partial charge in [-0.3, -0.25) is 9.78 Å². The fourth-order valence-electron chi connectivity index (χ4n) is 3.70. The largest absolute Gasteiger partial charge is 0.478 e. The number of likely N-dealkylation sites (tertiary alicyclic amines) is 1. The molecule has 0 atom stereocenters. The summed E-state index contributed by atoms with van der Waals surface area (Å²) in [6.45, 7) is 5.80. The average molecular weight is 439 g/mol. The number of benzene rings is 1. The van der Waals surface area contributed by atoms with E-state index in [1.807, 2.05) is 0 Å². The van der Waals surface area contributed by atoms with E-state index >= 15 is 0 Å². The SMILES string of the molecule is CC(C)(C)OC(=O)N1CC(C(=O)c2cn(-c3ccc(F)cc3C(=O)O)c3cnccc23)C1. The number of hydrogen-bond acceptors (Lipinski definition) is 5. The first-order valence-electron chi connectivity index (χ1n) is 10.1. The number of carbonyl (C=O) groups is 3. The van der Waals surface area contributed by atoms with Crippen molar-refractivity contribution in [3.05, 3.63) is 59.8 Å². The molecule has 1 fully saturated rings. The molecule has 166 valence electrons. The zero-order valence-corrected chi connectivity index (χ0v) is 17.8. The van der Waals surface area contributed by atoms with Gasteiger partial charge in [0.15, 0.2) is 5.78 Å².